The monoisotopic (exact) mass is 451 g/mol. The number of carboxylic acid groups (broad SMARTS) is 1. The minimum absolute atomic E-state index is 0.0639. The first-order chi connectivity index (χ1) is 14.5. The number of rotatable bonds is 7. The fourth-order valence-corrected chi connectivity index (χ4v) is 3.60. The van der Waals surface area contributed by atoms with Crippen molar-refractivity contribution in [3.8, 4) is 5.75 Å². The molecule has 3 aromatic rings. The van der Waals surface area contributed by atoms with Crippen LogP contribution < -0.4 is 15.0 Å². The number of aromatic nitrogens is 1. The van der Waals surface area contributed by atoms with Crippen LogP contribution in [0.5, 0.6) is 5.75 Å². The molecular weight excluding hydrogens is 435 g/mol. The molecule has 3 rings (SSSR count). The number of aromatic carboxylic acids is 1. The summed E-state index contributed by atoms with van der Waals surface area (Å²) >= 11 is 1.07. The molecule has 0 saturated carbocycles. The molecule has 0 aliphatic carbocycles. The molecule has 31 heavy (non-hydrogen) atoms. The molecule has 0 spiro atoms. The van der Waals surface area contributed by atoms with Crippen molar-refractivity contribution in [3.63, 3.8) is 0 Å². The summed E-state index contributed by atoms with van der Waals surface area (Å²) in [5.41, 5.74) is 0.823. The molecule has 0 atom stereocenters. The molecule has 2 N–H and O–H groups in total. The van der Waals surface area contributed by atoms with Crippen molar-refractivity contribution in [1.82, 2.24) is 4.98 Å². The van der Waals surface area contributed by atoms with Gasteiger partial charge in [-0.3, -0.25) is 4.79 Å². The minimum atomic E-state index is -4.78. The number of carbonyl (C=O) groups is 2. The molecular formula is C20H16F3N3O4S. The summed E-state index contributed by atoms with van der Waals surface area (Å²) in [4.78, 5) is 30.3. The van der Waals surface area contributed by atoms with Gasteiger partial charge in [0, 0.05) is 25.3 Å². The number of alkyl halides is 3. The number of nitrogens with zero attached hydrogens (tertiary/aromatic N) is 2. The molecule has 0 aliphatic heterocycles. The predicted octanol–water partition coefficient (Wildman–Crippen LogP) is 4.78. The highest BCUT2D eigenvalue weighted by molar-refractivity contribution is 7.18. The van der Waals surface area contributed by atoms with E-state index >= 15 is 0 Å². The number of anilines is 3. The number of ether oxygens (including phenoxy) is 1. The zero-order valence-electron chi connectivity index (χ0n) is 16.2. The average Bonchev–Trinajstić information content (AvgIpc) is 3.12. The van der Waals surface area contributed by atoms with Gasteiger partial charge in [0.05, 0.1) is 5.56 Å². The summed E-state index contributed by atoms with van der Waals surface area (Å²) < 4.78 is 40.7. The standard InChI is InChI=1S/C20H16F3N3O4S/c1-26(2)17-16(15(27)11-3-5-12(6-4-11)18(28)29)31-19(25-17)24-13-7-9-14(10-8-13)30-20(21,22)23/h3-10H,1-2H3,(H,24,25)(H,28,29). The van der Waals surface area contributed by atoms with Crippen molar-refractivity contribution in [1.29, 1.82) is 0 Å². The van der Waals surface area contributed by atoms with Gasteiger partial charge in [0.25, 0.3) is 0 Å². The number of benzene rings is 2. The second-order valence-electron chi connectivity index (χ2n) is 6.47. The summed E-state index contributed by atoms with van der Waals surface area (Å²) in [5.74, 6) is -1.38. The normalized spacial score (nSPS) is 11.1. The number of hydrogen-bond acceptors (Lipinski definition) is 7. The number of carboxylic acids is 1. The van der Waals surface area contributed by atoms with E-state index in [1.165, 1.54) is 36.4 Å². The van der Waals surface area contributed by atoms with Gasteiger partial charge < -0.3 is 20.1 Å². The van der Waals surface area contributed by atoms with Crippen LogP contribution >= 0.6 is 11.3 Å². The maximum absolute atomic E-state index is 12.9. The first-order valence-electron chi connectivity index (χ1n) is 8.72. The highest BCUT2D eigenvalue weighted by Gasteiger charge is 2.31. The Morgan fingerprint density at radius 1 is 1.03 bits per heavy atom. The van der Waals surface area contributed by atoms with Crippen molar-refractivity contribution < 1.29 is 32.6 Å². The van der Waals surface area contributed by atoms with E-state index in [0.29, 0.717) is 27.1 Å². The van der Waals surface area contributed by atoms with Crippen LogP contribution in [0.15, 0.2) is 48.5 Å². The molecule has 0 aliphatic rings. The lowest BCUT2D eigenvalue weighted by Crippen LogP contribution is -2.16. The van der Waals surface area contributed by atoms with Gasteiger partial charge in [-0.2, -0.15) is 0 Å². The molecule has 2 aromatic carbocycles. The van der Waals surface area contributed by atoms with Gasteiger partial charge >= 0.3 is 12.3 Å². The van der Waals surface area contributed by atoms with Crippen LogP contribution in [0.4, 0.5) is 29.8 Å². The van der Waals surface area contributed by atoms with Crippen LogP contribution in [0.1, 0.15) is 25.6 Å². The van der Waals surface area contributed by atoms with Crippen molar-refractivity contribution in [2.75, 3.05) is 24.3 Å². The zero-order valence-corrected chi connectivity index (χ0v) is 17.0. The molecule has 0 radical (unpaired) electrons. The van der Waals surface area contributed by atoms with E-state index in [9.17, 15) is 22.8 Å². The summed E-state index contributed by atoms with van der Waals surface area (Å²) in [7, 11) is 3.43. The van der Waals surface area contributed by atoms with Crippen LogP contribution in [-0.2, 0) is 0 Å². The first kappa shape index (κ1) is 22.1. The number of thiazole rings is 1. The van der Waals surface area contributed by atoms with Gasteiger partial charge in [0.2, 0.25) is 5.78 Å². The number of hydrogen-bond donors (Lipinski definition) is 2. The second-order valence-corrected chi connectivity index (χ2v) is 7.47. The van der Waals surface area contributed by atoms with Crippen molar-refractivity contribution in [2.45, 2.75) is 6.36 Å². The molecule has 0 saturated heterocycles. The van der Waals surface area contributed by atoms with E-state index in [-0.39, 0.29) is 17.1 Å². The summed E-state index contributed by atoms with van der Waals surface area (Å²) in [5, 5.41) is 12.3. The van der Waals surface area contributed by atoms with Gasteiger partial charge in [-0.1, -0.05) is 23.5 Å². The fraction of sp³-hybridized carbons (Fsp3) is 0.150. The zero-order chi connectivity index (χ0) is 22.8. The largest absolute Gasteiger partial charge is 0.573 e. The Kier molecular flexibility index (Phi) is 6.16. The van der Waals surface area contributed by atoms with E-state index < -0.39 is 12.3 Å². The smallest absolute Gasteiger partial charge is 0.478 e. The van der Waals surface area contributed by atoms with E-state index in [1.807, 2.05) is 0 Å². The van der Waals surface area contributed by atoms with E-state index in [0.717, 1.165) is 23.5 Å². The average molecular weight is 451 g/mol. The number of nitrogens with one attached hydrogen (secondary N) is 1. The van der Waals surface area contributed by atoms with Gasteiger partial charge in [-0.05, 0) is 36.4 Å². The maximum atomic E-state index is 12.9. The highest BCUT2D eigenvalue weighted by atomic mass is 32.1. The molecule has 0 bridgehead atoms. The summed E-state index contributed by atoms with van der Waals surface area (Å²) in [6.07, 6.45) is -4.78. The van der Waals surface area contributed by atoms with E-state index in [1.54, 1.807) is 19.0 Å². The summed E-state index contributed by atoms with van der Waals surface area (Å²) in [6.45, 7) is 0. The highest BCUT2D eigenvalue weighted by Crippen LogP contribution is 2.33. The first-order valence-corrected chi connectivity index (χ1v) is 9.54. The second kappa shape index (κ2) is 8.64. The quantitative estimate of drug-likeness (QED) is 0.500. The lowest BCUT2D eigenvalue weighted by molar-refractivity contribution is -0.274. The molecule has 1 aromatic heterocycles. The van der Waals surface area contributed by atoms with Gasteiger partial charge in [-0.15, -0.1) is 13.2 Å². The number of ketones is 1. The van der Waals surface area contributed by atoms with E-state index in [4.69, 9.17) is 5.11 Å². The van der Waals surface area contributed by atoms with Crippen molar-refractivity contribution in [3.05, 3.63) is 64.5 Å². The minimum Gasteiger partial charge on any atom is -0.478 e. The third-order valence-electron chi connectivity index (χ3n) is 3.97. The van der Waals surface area contributed by atoms with E-state index in [2.05, 4.69) is 15.0 Å². The van der Waals surface area contributed by atoms with Crippen molar-refractivity contribution in [2.24, 2.45) is 0 Å². The Bertz CT molecular complexity index is 1090. The Balaban J connectivity index is 1.83. The lowest BCUT2D eigenvalue weighted by atomic mass is 10.1. The Labute approximate surface area is 178 Å². The van der Waals surface area contributed by atoms with Crippen LogP contribution in [0, 0.1) is 0 Å². The number of carbonyl (C=O) groups excluding carboxylic acids is 1. The van der Waals surface area contributed by atoms with Crippen LogP contribution in [0.25, 0.3) is 0 Å². The molecule has 0 unspecified atom stereocenters. The summed E-state index contributed by atoms with van der Waals surface area (Å²) in [6, 6.07) is 10.6. The van der Waals surface area contributed by atoms with Gasteiger partial charge in [0.1, 0.15) is 10.6 Å². The predicted molar refractivity (Wildman–Crippen MR) is 110 cm³/mol. The molecule has 11 heteroatoms. The van der Waals surface area contributed by atoms with Crippen LogP contribution in [0.3, 0.4) is 0 Å². The lowest BCUT2D eigenvalue weighted by Gasteiger charge is -2.10. The van der Waals surface area contributed by atoms with Gasteiger partial charge in [-0.25, -0.2) is 9.78 Å². The van der Waals surface area contributed by atoms with Crippen LogP contribution in [-0.4, -0.2) is 42.3 Å². The maximum Gasteiger partial charge on any atom is 0.573 e. The Morgan fingerprint density at radius 3 is 2.13 bits per heavy atom. The Morgan fingerprint density at radius 2 is 1.61 bits per heavy atom. The SMILES string of the molecule is CN(C)c1nc(Nc2ccc(OC(F)(F)F)cc2)sc1C(=O)c1ccc(C(=O)O)cc1. The molecule has 0 amide bonds. The molecule has 7 nitrogen and oxygen atoms in total. The number of halogens is 3. The molecule has 0 fully saturated rings. The van der Waals surface area contributed by atoms with Crippen molar-refractivity contribution >= 4 is 39.7 Å². The van der Waals surface area contributed by atoms with Crippen LogP contribution in [0.2, 0.25) is 0 Å². The third kappa shape index (κ3) is 5.51. The van der Waals surface area contributed by atoms with Gasteiger partial charge in [0.15, 0.2) is 10.9 Å². The molecule has 1 heterocycles. The molecule has 162 valence electrons. The topological polar surface area (TPSA) is 91.8 Å². The Hall–Kier alpha value is -3.60. The fourth-order valence-electron chi connectivity index (χ4n) is 2.58. The third-order valence-corrected chi connectivity index (χ3v) is 4.93.